The van der Waals surface area contributed by atoms with Crippen LogP contribution in [0.1, 0.15) is 20.8 Å². The monoisotopic (exact) mass is 158 g/mol. The van der Waals surface area contributed by atoms with Gasteiger partial charge in [-0.2, -0.15) is 0 Å². The van der Waals surface area contributed by atoms with Gasteiger partial charge in [0.15, 0.2) is 0 Å². The highest BCUT2D eigenvalue weighted by Gasteiger charge is 2.07. The maximum absolute atomic E-state index is 7.64. The summed E-state index contributed by atoms with van der Waals surface area (Å²) in [5, 5.41) is 7.64. The molecule has 2 nitrogen and oxygen atoms in total. The van der Waals surface area contributed by atoms with Crippen molar-refractivity contribution in [2.24, 2.45) is 5.41 Å². The number of hydrogen-bond donors (Lipinski definition) is 1. The number of aliphatic hydroxyl groups excluding tert-OH is 1. The molecule has 0 aromatic heterocycles. The predicted molar refractivity (Wildman–Crippen MR) is 47.2 cm³/mol. The lowest BCUT2D eigenvalue weighted by Gasteiger charge is -2.15. The number of methoxy groups -OCH3 is 1. The van der Waals surface area contributed by atoms with Gasteiger partial charge in [0.2, 0.25) is 0 Å². The topological polar surface area (TPSA) is 29.5 Å². The first-order valence-electron chi connectivity index (χ1n) is 3.51. The standard InChI is InChI=1S/C6H14O.C3H4O/c1-6(2,3)5-7-4;1-2-3-4/h5H2,1-4H3;1,4H,3H2. The van der Waals surface area contributed by atoms with E-state index in [9.17, 15) is 0 Å². The van der Waals surface area contributed by atoms with Gasteiger partial charge in [-0.3, -0.25) is 0 Å². The number of terminal acetylenes is 1. The summed E-state index contributed by atoms with van der Waals surface area (Å²) in [6.45, 7) is 7.14. The van der Waals surface area contributed by atoms with E-state index in [0.717, 1.165) is 6.61 Å². The summed E-state index contributed by atoms with van der Waals surface area (Å²) in [6.07, 6.45) is 4.53. The van der Waals surface area contributed by atoms with Gasteiger partial charge in [-0.05, 0) is 5.41 Å². The normalized spacial score (nSPS) is 9.45. The van der Waals surface area contributed by atoms with Gasteiger partial charge in [0.05, 0.1) is 6.61 Å². The molecule has 0 aliphatic rings. The highest BCUT2D eigenvalue weighted by Crippen LogP contribution is 2.11. The minimum Gasteiger partial charge on any atom is -0.384 e. The van der Waals surface area contributed by atoms with Crippen molar-refractivity contribution >= 4 is 0 Å². The predicted octanol–water partition coefficient (Wildman–Crippen LogP) is 1.29. The van der Waals surface area contributed by atoms with Crippen LogP contribution in [0.15, 0.2) is 0 Å². The molecule has 66 valence electrons. The van der Waals surface area contributed by atoms with E-state index in [1.54, 1.807) is 7.11 Å². The second-order valence-electron chi connectivity index (χ2n) is 3.36. The van der Waals surface area contributed by atoms with Gasteiger partial charge in [0, 0.05) is 7.11 Å². The summed E-state index contributed by atoms with van der Waals surface area (Å²) in [6, 6.07) is 0. The molecule has 0 fully saturated rings. The van der Waals surface area contributed by atoms with Crippen molar-refractivity contribution in [3.8, 4) is 12.3 Å². The van der Waals surface area contributed by atoms with E-state index < -0.39 is 0 Å². The lowest BCUT2D eigenvalue weighted by molar-refractivity contribution is 0.116. The second kappa shape index (κ2) is 7.59. The Morgan fingerprint density at radius 2 is 1.82 bits per heavy atom. The number of hydrogen-bond acceptors (Lipinski definition) is 2. The third-order valence-corrected chi connectivity index (χ3v) is 0.669. The number of ether oxygens (including phenoxy) is 1. The summed E-state index contributed by atoms with van der Waals surface area (Å²) in [4.78, 5) is 0. The minimum absolute atomic E-state index is 0.153. The maximum Gasteiger partial charge on any atom is 0.103 e. The Morgan fingerprint density at radius 1 is 1.45 bits per heavy atom. The van der Waals surface area contributed by atoms with E-state index in [4.69, 9.17) is 9.84 Å². The highest BCUT2D eigenvalue weighted by molar-refractivity contribution is 4.81. The SMILES string of the molecule is C#CCO.COCC(C)(C)C. The molecule has 0 atom stereocenters. The minimum atomic E-state index is -0.153. The molecule has 0 saturated carbocycles. The Labute approximate surface area is 69.6 Å². The third-order valence-electron chi connectivity index (χ3n) is 0.669. The lowest BCUT2D eigenvalue weighted by atomic mass is 9.99. The van der Waals surface area contributed by atoms with Crippen molar-refractivity contribution in [3.05, 3.63) is 0 Å². The van der Waals surface area contributed by atoms with Gasteiger partial charge in [0.1, 0.15) is 6.61 Å². The van der Waals surface area contributed by atoms with Gasteiger partial charge in [-0.15, -0.1) is 6.42 Å². The fourth-order valence-electron chi connectivity index (χ4n) is 0.433. The molecule has 0 heterocycles. The molecule has 0 aliphatic heterocycles. The lowest BCUT2D eigenvalue weighted by Crippen LogP contribution is -2.12. The van der Waals surface area contributed by atoms with Crippen molar-refractivity contribution in [1.82, 2.24) is 0 Å². The Morgan fingerprint density at radius 3 is 1.82 bits per heavy atom. The zero-order valence-corrected chi connectivity index (χ0v) is 7.85. The van der Waals surface area contributed by atoms with Gasteiger partial charge in [-0.25, -0.2) is 0 Å². The van der Waals surface area contributed by atoms with Crippen molar-refractivity contribution in [2.45, 2.75) is 20.8 Å². The zero-order valence-electron chi connectivity index (χ0n) is 7.85. The van der Waals surface area contributed by atoms with E-state index in [2.05, 4.69) is 27.2 Å². The van der Waals surface area contributed by atoms with Crippen LogP contribution >= 0.6 is 0 Å². The third kappa shape index (κ3) is 26.4. The second-order valence-corrected chi connectivity index (χ2v) is 3.36. The average molecular weight is 158 g/mol. The quantitative estimate of drug-likeness (QED) is 0.583. The average Bonchev–Trinajstić information content (AvgIpc) is 1.86. The fraction of sp³-hybridized carbons (Fsp3) is 0.778. The highest BCUT2D eigenvalue weighted by atomic mass is 16.5. The molecule has 0 unspecified atom stereocenters. The molecule has 0 spiro atoms. The largest absolute Gasteiger partial charge is 0.384 e. The van der Waals surface area contributed by atoms with E-state index in [1.807, 2.05) is 5.92 Å². The van der Waals surface area contributed by atoms with Gasteiger partial charge >= 0.3 is 0 Å². The molecule has 0 rings (SSSR count). The molecule has 0 bridgehead atoms. The molecule has 0 amide bonds. The molecular weight excluding hydrogens is 140 g/mol. The number of aliphatic hydroxyl groups is 1. The summed E-state index contributed by atoms with van der Waals surface area (Å²) >= 11 is 0. The molecule has 0 aromatic carbocycles. The van der Waals surface area contributed by atoms with Crippen molar-refractivity contribution in [3.63, 3.8) is 0 Å². The van der Waals surface area contributed by atoms with E-state index in [1.165, 1.54) is 0 Å². The Balaban J connectivity index is 0. The smallest absolute Gasteiger partial charge is 0.103 e. The van der Waals surface area contributed by atoms with E-state index in [-0.39, 0.29) is 6.61 Å². The van der Waals surface area contributed by atoms with Gasteiger partial charge in [-0.1, -0.05) is 26.7 Å². The number of rotatable bonds is 1. The molecular formula is C9H18O2. The van der Waals surface area contributed by atoms with Crippen LogP contribution in [0, 0.1) is 17.8 Å². The summed E-state index contributed by atoms with van der Waals surface area (Å²) in [5.41, 5.74) is 0.328. The zero-order chi connectivity index (χ0) is 9.33. The van der Waals surface area contributed by atoms with Crippen LogP contribution in [0.5, 0.6) is 0 Å². The van der Waals surface area contributed by atoms with Crippen LogP contribution in [-0.2, 0) is 4.74 Å². The van der Waals surface area contributed by atoms with Crippen LogP contribution in [0.3, 0.4) is 0 Å². The Bertz CT molecular complexity index is 106. The van der Waals surface area contributed by atoms with Crippen LogP contribution in [0.25, 0.3) is 0 Å². The Kier molecular flexibility index (Phi) is 9.03. The molecule has 1 N–H and O–H groups in total. The van der Waals surface area contributed by atoms with Crippen LogP contribution in [-0.4, -0.2) is 25.4 Å². The van der Waals surface area contributed by atoms with Crippen LogP contribution in [0.2, 0.25) is 0 Å². The first kappa shape index (κ1) is 13.1. The van der Waals surface area contributed by atoms with Crippen molar-refractivity contribution in [1.29, 1.82) is 0 Å². The molecule has 11 heavy (non-hydrogen) atoms. The fourth-order valence-corrected chi connectivity index (χ4v) is 0.433. The van der Waals surface area contributed by atoms with E-state index in [0.29, 0.717) is 5.41 Å². The van der Waals surface area contributed by atoms with Crippen molar-refractivity contribution in [2.75, 3.05) is 20.3 Å². The molecule has 0 radical (unpaired) electrons. The van der Waals surface area contributed by atoms with Gasteiger partial charge in [0.25, 0.3) is 0 Å². The first-order valence-corrected chi connectivity index (χ1v) is 3.51. The summed E-state index contributed by atoms with van der Waals surface area (Å²) in [5.74, 6) is 1.99. The first-order chi connectivity index (χ1) is 4.97. The molecule has 2 heteroatoms. The van der Waals surface area contributed by atoms with Crippen molar-refractivity contribution < 1.29 is 9.84 Å². The summed E-state index contributed by atoms with van der Waals surface area (Å²) in [7, 11) is 1.73. The molecule has 0 aliphatic carbocycles. The molecule has 0 aromatic rings. The van der Waals surface area contributed by atoms with Crippen LogP contribution in [0.4, 0.5) is 0 Å². The van der Waals surface area contributed by atoms with E-state index >= 15 is 0 Å². The van der Waals surface area contributed by atoms with Gasteiger partial charge < -0.3 is 9.84 Å². The molecule has 0 saturated heterocycles. The Hall–Kier alpha value is -0.520. The summed E-state index contributed by atoms with van der Waals surface area (Å²) < 4.78 is 4.91. The maximum atomic E-state index is 7.64. The van der Waals surface area contributed by atoms with Crippen LogP contribution < -0.4 is 0 Å².